The Labute approximate surface area is 448 Å². The third-order valence-corrected chi connectivity index (χ3v) is 14.6. The minimum absolute atomic E-state index is 0.00309. The van der Waals surface area contributed by atoms with E-state index in [9.17, 15) is 19.8 Å². The van der Waals surface area contributed by atoms with Gasteiger partial charge in [-0.3, -0.25) is 9.59 Å². The van der Waals surface area contributed by atoms with Crippen molar-refractivity contribution >= 4 is 11.9 Å². The molecule has 2 unspecified atom stereocenters. The monoisotopic (exact) mass is 1010 g/mol. The second kappa shape index (κ2) is 61.4. The van der Waals surface area contributed by atoms with Crippen LogP contribution in [0.1, 0.15) is 335 Å². The summed E-state index contributed by atoms with van der Waals surface area (Å²) in [7, 11) is 0. The minimum Gasteiger partial charge on any atom is -0.466 e. The minimum atomic E-state index is -0.666. The fourth-order valence-corrected chi connectivity index (χ4v) is 9.70. The molecule has 0 saturated carbocycles. The number of ether oxygens (including phenoxy) is 1. The van der Waals surface area contributed by atoms with Gasteiger partial charge in [-0.05, 0) is 89.9 Å². The van der Waals surface area contributed by atoms with Gasteiger partial charge in [-0.1, -0.05) is 281 Å². The van der Waals surface area contributed by atoms with Crippen LogP contribution in [0.2, 0.25) is 0 Å². The lowest BCUT2D eigenvalue weighted by atomic mass is 10.0. The first-order valence-corrected chi connectivity index (χ1v) is 31.9. The van der Waals surface area contributed by atoms with Gasteiger partial charge < -0.3 is 20.3 Å². The summed E-state index contributed by atoms with van der Waals surface area (Å²) >= 11 is 0. The SMILES string of the molecule is CCCCCC/C=C\C/C=C\CCCCCCCC(=O)OCCCCCCCCCCC/C=C\C/C=C\CCCCCCCCCCCCCC(=O)NC(CO)C(O)CCCCCCCCCCCCCC. The molecule has 1 amide bonds. The molecular weight excluding hydrogens is 887 g/mol. The van der Waals surface area contributed by atoms with Gasteiger partial charge in [-0.2, -0.15) is 0 Å². The van der Waals surface area contributed by atoms with Gasteiger partial charge >= 0.3 is 5.97 Å². The summed E-state index contributed by atoms with van der Waals surface area (Å²) in [6, 6.07) is -0.544. The number of rotatable bonds is 59. The van der Waals surface area contributed by atoms with Crippen LogP contribution in [0.15, 0.2) is 48.6 Å². The molecule has 0 aromatic rings. The Morgan fingerprint density at radius 2 is 0.694 bits per heavy atom. The van der Waals surface area contributed by atoms with Gasteiger partial charge in [0, 0.05) is 12.8 Å². The summed E-state index contributed by atoms with van der Waals surface area (Å²) in [6.45, 7) is 4.93. The van der Waals surface area contributed by atoms with Gasteiger partial charge in [0.15, 0.2) is 0 Å². The van der Waals surface area contributed by atoms with Crippen molar-refractivity contribution in [1.29, 1.82) is 0 Å². The number of hydrogen-bond donors (Lipinski definition) is 3. The third-order valence-electron chi connectivity index (χ3n) is 14.6. The second-order valence-electron chi connectivity index (χ2n) is 21.7. The van der Waals surface area contributed by atoms with E-state index < -0.39 is 12.1 Å². The highest BCUT2D eigenvalue weighted by atomic mass is 16.5. The molecule has 6 heteroatoms. The zero-order valence-electron chi connectivity index (χ0n) is 48.2. The number of amides is 1. The molecule has 3 N–H and O–H groups in total. The first kappa shape index (κ1) is 69.8. The number of hydrogen-bond acceptors (Lipinski definition) is 5. The number of allylic oxidation sites excluding steroid dienone is 8. The standard InChI is InChI=1S/C66H123NO5/c1-3-5-7-9-11-13-15-17-18-33-36-40-44-48-52-56-60-66(71)72-61-57-53-49-45-41-37-34-31-29-27-25-23-21-19-20-22-24-26-28-30-32-35-39-43-47-51-55-59-65(70)67-63(62-68)64(69)58-54-50-46-42-38-16-14-12-10-8-6-4-2/h13,15,18-20,23,25,33,63-64,68-69H,3-12,14,16-17,21-22,24,26-32,34-62H2,1-2H3,(H,67,70)/b15-13-,20-19-,25-23-,33-18-. The normalized spacial score (nSPS) is 12.9. The molecule has 0 fully saturated rings. The zero-order valence-corrected chi connectivity index (χ0v) is 48.2. The van der Waals surface area contributed by atoms with Gasteiger partial charge in [0.05, 0.1) is 25.4 Å². The molecule has 0 radical (unpaired) electrons. The maximum absolute atomic E-state index is 12.5. The summed E-state index contributed by atoms with van der Waals surface area (Å²) in [4.78, 5) is 24.5. The Kier molecular flexibility index (Phi) is 59.5. The summed E-state index contributed by atoms with van der Waals surface area (Å²) < 4.78 is 5.48. The first-order chi connectivity index (χ1) is 35.5. The molecule has 0 aliphatic heterocycles. The molecule has 0 bridgehead atoms. The first-order valence-electron chi connectivity index (χ1n) is 31.9. The highest BCUT2D eigenvalue weighted by Crippen LogP contribution is 2.17. The average molecular weight is 1010 g/mol. The highest BCUT2D eigenvalue weighted by Gasteiger charge is 2.20. The van der Waals surface area contributed by atoms with E-state index in [4.69, 9.17) is 4.74 Å². The number of unbranched alkanes of at least 4 members (excludes halogenated alkanes) is 40. The van der Waals surface area contributed by atoms with E-state index in [1.54, 1.807) is 0 Å². The van der Waals surface area contributed by atoms with E-state index in [1.165, 1.54) is 244 Å². The number of aliphatic hydroxyl groups excluding tert-OH is 2. The number of nitrogens with one attached hydrogen (secondary N) is 1. The lowest BCUT2D eigenvalue weighted by Gasteiger charge is -2.22. The fourth-order valence-electron chi connectivity index (χ4n) is 9.70. The summed E-state index contributed by atoms with van der Waals surface area (Å²) in [5.41, 5.74) is 0. The van der Waals surface area contributed by atoms with Crippen LogP contribution in [0, 0.1) is 0 Å². The van der Waals surface area contributed by atoms with Crippen molar-refractivity contribution in [3.05, 3.63) is 48.6 Å². The van der Waals surface area contributed by atoms with Crippen LogP contribution in [-0.2, 0) is 14.3 Å². The summed E-state index contributed by atoms with van der Waals surface area (Å²) in [5, 5.41) is 23.2. The molecule has 0 aliphatic rings. The predicted octanol–water partition coefficient (Wildman–Crippen LogP) is 20.1. The van der Waals surface area contributed by atoms with Crippen molar-refractivity contribution in [2.45, 2.75) is 347 Å². The Hall–Kier alpha value is -2.18. The van der Waals surface area contributed by atoms with Crippen molar-refractivity contribution in [2.75, 3.05) is 13.2 Å². The van der Waals surface area contributed by atoms with E-state index in [1.807, 2.05) is 0 Å². The van der Waals surface area contributed by atoms with Crippen molar-refractivity contribution < 1.29 is 24.5 Å². The van der Waals surface area contributed by atoms with E-state index in [-0.39, 0.29) is 18.5 Å². The molecule has 2 atom stereocenters. The quantitative estimate of drug-likeness (QED) is 0.0320. The highest BCUT2D eigenvalue weighted by molar-refractivity contribution is 5.76. The van der Waals surface area contributed by atoms with Crippen LogP contribution in [-0.4, -0.2) is 47.4 Å². The van der Waals surface area contributed by atoms with Crippen LogP contribution < -0.4 is 5.32 Å². The van der Waals surface area contributed by atoms with E-state index in [2.05, 4.69) is 67.8 Å². The van der Waals surface area contributed by atoms with E-state index >= 15 is 0 Å². The Balaban J connectivity index is 3.41. The van der Waals surface area contributed by atoms with Crippen molar-refractivity contribution in [1.82, 2.24) is 5.32 Å². The number of carbonyl (C=O) groups excluding carboxylic acids is 2. The molecule has 422 valence electrons. The number of esters is 1. The Bertz CT molecular complexity index is 1210. The van der Waals surface area contributed by atoms with E-state index in [0.29, 0.717) is 25.9 Å². The van der Waals surface area contributed by atoms with Crippen LogP contribution in [0.25, 0.3) is 0 Å². The smallest absolute Gasteiger partial charge is 0.305 e. The maximum Gasteiger partial charge on any atom is 0.305 e. The predicted molar refractivity (Wildman–Crippen MR) is 315 cm³/mol. The van der Waals surface area contributed by atoms with Gasteiger partial charge in [0.25, 0.3) is 0 Å². The lowest BCUT2D eigenvalue weighted by molar-refractivity contribution is -0.143. The maximum atomic E-state index is 12.5. The van der Waals surface area contributed by atoms with E-state index in [0.717, 1.165) is 57.8 Å². The van der Waals surface area contributed by atoms with Crippen LogP contribution in [0.4, 0.5) is 0 Å². The molecule has 0 spiro atoms. The van der Waals surface area contributed by atoms with Crippen molar-refractivity contribution in [2.24, 2.45) is 0 Å². The van der Waals surface area contributed by atoms with Gasteiger partial charge in [0.2, 0.25) is 5.91 Å². The second-order valence-corrected chi connectivity index (χ2v) is 21.7. The van der Waals surface area contributed by atoms with Gasteiger partial charge in [-0.15, -0.1) is 0 Å². The van der Waals surface area contributed by atoms with Gasteiger partial charge in [-0.25, -0.2) is 0 Å². The lowest BCUT2D eigenvalue weighted by Crippen LogP contribution is -2.45. The van der Waals surface area contributed by atoms with Crippen molar-refractivity contribution in [3.8, 4) is 0 Å². The largest absolute Gasteiger partial charge is 0.466 e. The van der Waals surface area contributed by atoms with Gasteiger partial charge in [0.1, 0.15) is 0 Å². The molecule has 0 aliphatic carbocycles. The average Bonchev–Trinajstić information content (AvgIpc) is 3.38. The molecule has 0 rings (SSSR count). The molecule has 0 aromatic carbocycles. The summed E-state index contributed by atoms with van der Waals surface area (Å²) in [5.74, 6) is -0.0415. The van der Waals surface area contributed by atoms with Crippen LogP contribution >= 0.6 is 0 Å². The van der Waals surface area contributed by atoms with Crippen LogP contribution in [0.5, 0.6) is 0 Å². The summed E-state index contributed by atoms with van der Waals surface area (Å²) in [6.07, 6.45) is 78.4. The Morgan fingerprint density at radius 3 is 1.07 bits per heavy atom. The molecule has 0 heterocycles. The van der Waals surface area contributed by atoms with Crippen molar-refractivity contribution in [3.63, 3.8) is 0 Å². The molecule has 6 nitrogen and oxygen atoms in total. The van der Waals surface area contributed by atoms with Crippen LogP contribution in [0.3, 0.4) is 0 Å². The molecule has 0 saturated heterocycles. The molecular formula is C66H123NO5. The third kappa shape index (κ3) is 57.1. The molecule has 72 heavy (non-hydrogen) atoms. The topological polar surface area (TPSA) is 95.9 Å². The fraction of sp³-hybridized carbons (Fsp3) is 0.848. The number of carbonyl (C=O) groups is 2. The number of aliphatic hydroxyl groups is 2. The molecule has 0 aromatic heterocycles. The zero-order chi connectivity index (χ0) is 52.2. The Morgan fingerprint density at radius 1 is 0.389 bits per heavy atom.